The van der Waals surface area contributed by atoms with Crippen LogP contribution >= 0.6 is 11.6 Å². The van der Waals surface area contributed by atoms with Gasteiger partial charge >= 0.3 is 0 Å². The fourth-order valence-electron chi connectivity index (χ4n) is 1.60. The number of carbonyl (C=O) groups is 1. The number of carbonyl (C=O) groups excluding carboxylic acids is 1. The average molecular weight is 221 g/mol. The van der Waals surface area contributed by atoms with Gasteiger partial charge in [-0.1, -0.05) is 23.6 Å². The Hall–Kier alpha value is -1.50. The highest BCUT2D eigenvalue weighted by molar-refractivity contribution is 6.31. The number of benzene rings is 1. The highest BCUT2D eigenvalue weighted by atomic mass is 35.5. The lowest BCUT2D eigenvalue weighted by atomic mass is 10.1. The Morgan fingerprint density at radius 3 is 3.13 bits per heavy atom. The fraction of sp³-hybridized carbons (Fsp3) is 0.182. The van der Waals surface area contributed by atoms with Crippen molar-refractivity contribution < 1.29 is 4.79 Å². The molecule has 1 atom stereocenters. The molecule has 2 rings (SSSR count). The molecule has 76 valence electrons. The molecule has 1 aromatic rings. The van der Waals surface area contributed by atoms with Crippen molar-refractivity contribution in [2.45, 2.75) is 6.04 Å². The Labute approximate surface area is 92.8 Å². The molecular weight excluding hydrogens is 212 g/mol. The van der Waals surface area contributed by atoms with Crippen LogP contribution in [0.15, 0.2) is 18.2 Å². The normalized spacial score (nSPS) is 18.1. The van der Waals surface area contributed by atoms with Crippen LogP contribution in [-0.4, -0.2) is 12.5 Å². The summed E-state index contributed by atoms with van der Waals surface area (Å²) in [5, 5.41) is 6.31. The maximum atomic E-state index is 11.6. The number of fused-ring (bicyclic) bond motifs is 1. The zero-order chi connectivity index (χ0) is 10.8. The van der Waals surface area contributed by atoms with Crippen molar-refractivity contribution >= 4 is 23.2 Å². The van der Waals surface area contributed by atoms with Gasteiger partial charge in [0.25, 0.3) is 0 Å². The Morgan fingerprint density at radius 2 is 2.40 bits per heavy atom. The molecule has 0 aliphatic carbocycles. The monoisotopic (exact) mass is 220 g/mol. The molecule has 0 spiro atoms. The number of hydrogen-bond acceptors (Lipinski definition) is 2. The summed E-state index contributed by atoms with van der Waals surface area (Å²) in [6, 6.07) is 4.94. The summed E-state index contributed by atoms with van der Waals surface area (Å²) in [7, 11) is 0. The molecule has 1 heterocycles. The van der Waals surface area contributed by atoms with Gasteiger partial charge in [-0.25, -0.2) is 0 Å². The molecule has 0 bridgehead atoms. The Kier molecular flexibility index (Phi) is 2.63. The molecule has 1 amide bonds. The van der Waals surface area contributed by atoms with Crippen molar-refractivity contribution in [1.82, 2.24) is 5.32 Å². The Bertz CT molecular complexity index is 450. The van der Waals surface area contributed by atoms with E-state index < -0.39 is 0 Å². The zero-order valence-electron chi connectivity index (χ0n) is 7.88. The lowest BCUT2D eigenvalue weighted by molar-refractivity contribution is -0.117. The van der Waals surface area contributed by atoms with E-state index in [1.165, 1.54) is 0 Å². The lowest BCUT2D eigenvalue weighted by Gasteiger charge is -2.08. The lowest BCUT2D eigenvalue weighted by Crippen LogP contribution is -2.27. The van der Waals surface area contributed by atoms with E-state index in [4.69, 9.17) is 18.0 Å². The van der Waals surface area contributed by atoms with E-state index in [9.17, 15) is 4.79 Å². The Morgan fingerprint density at radius 1 is 1.60 bits per heavy atom. The SMILES string of the molecule is C#CCNC1C(=O)Nc2cc(Cl)ccc21. The van der Waals surface area contributed by atoms with E-state index in [1.54, 1.807) is 12.1 Å². The smallest absolute Gasteiger partial charge is 0.246 e. The van der Waals surface area contributed by atoms with E-state index in [0.717, 1.165) is 11.3 Å². The molecule has 0 saturated heterocycles. The van der Waals surface area contributed by atoms with Gasteiger partial charge in [0.1, 0.15) is 6.04 Å². The highest BCUT2D eigenvalue weighted by Crippen LogP contribution is 2.32. The summed E-state index contributed by atoms with van der Waals surface area (Å²) in [5.41, 5.74) is 1.64. The first-order chi connectivity index (χ1) is 7.22. The van der Waals surface area contributed by atoms with Crippen molar-refractivity contribution in [3.63, 3.8) is 0 Å². The maximum absolute atomic E-state index is 11.6. The minimum atomic E-state index is -0.367. The number of nitrogens with one attached hydrogen (secondary N) is 2. The number of terminal acetylenes is 1. The molecule has 1 aliphatic rings. The average Bonchev–Trinajstić information content (AvgIpc) is 2.50. The van der Waals surface area contributed by atoms with Crippen LogP contribution in [0.4, 0.5) is 5.69 Å². The van der Waals surface area contributed by atoms with E-state index >= 15 is 0 Å². The molecule has 0 fully saturated rings. The van der Waals surface area contributed by atoms with Crippen LogP contribution in [0.5, 0.6) is 0 Å². The van der Waals surface area contributed by atoms with E-state index in [-0.39, 0.29) is 11.9 Å². The van der Waals surface area contributed by atoms with Gasteiger partial charge in [0.15, 0.2) is 0 Å². The van der Waals surface area contributed by atoms with Crippen LogP contribution in [0.3, 0.4) is 0 Å². The van der Waals surface area contributed by atoms with Gasteiger partial charge in [0.2, 0.25) is 5.91 Å². The molecule has 0 saturated carbocycles. The molecule has 2 N–H and O–H groups in total. The fourth-order valence-corrected chi connectivity index (χ4v) is 1.77. The topological polar surface area (TPSA) is 41.1 Å². The minimum absolute atomic E-state index is 0.0949. The van der Waals surface area contributed by atoms with Crippen molar-refractivity contribution in [3.05, 3.63) is 28.8 Å². The molecule has 3 nitrogen and oxygen atoms in total. The third-order valence-electron chi connectivity index (χ3n) is 2.25. The maximum Gasteiger partial charge on any atom is 0.246 e. The molecule has 0 radical (unpaired) electrons. The van der Waals surface area contributed by atoms with Crippen molar-refractivity contribution in [2.75, 3.05) is 11.9 Å². The first kappa shape index (κ1) is 10.0. The summed E-state index contributed by atoms with van der Waals surface area (Å²) in [6.45, 7) is 0.361. The minimum Gasteiger partial charge on any atom is -0.324 e. The van der Waals surface area contributed by atoms with Crippen molar-refractivity contribution in [1.29, 1.82) is 0 Å². The van der Waals surface area contributed by atoms with Crippen molar-refractivity contribution in [3.8, 4) is 12.3 Å². The van der Waals surface area contributed by atoms with Gasteiger partial charge in [0, 0.05) is 16.3 Å². The molecule has 1 unspecified atom stereocenters. The van der Waals surface area contributed by atoms with Gasteiger partial charge in [-0.05, 0) is 12.1 Å². The standard InChI is InChI=1S/C11H9ClN2O/c1-2-5-13-10-8-4-3-7(12)6-9(8)14-11(10)15/h1,3-4,6,10,13H,5H2,(H,14,15). The van der Waals surface area contributed by atoms with Crippen LogP contribution in [-0.2, 0) is 4.79 Å². The van der Waals surface area contributed by atoms with Gasteiger partial charge in [-0.2, -0.15) is 0 Å². The third kappa shape index (κ3) is 1.82. The summed E-state index contributed by atoms with van der Waals surface area (Å²) >= 11 is 5.82. The van der Waals surface area contributed by atoms with E-state index in [2.05, 4.69) is 16.6 Å². The first-order valence-corrected chi connectivity index (χ1v) is 4.87. The second-order valence-corrected chi connectivity index (χ2v) is 3.68. The third-order valence-corrected chi connectivity index (χ3v) is 2.49. The van der Waals surface area contributed by atoms with Crippen LogP contribution in [0, 0.1) is 12.3 Å². The molecule has 4 heteroatoms. The van der Waals surface area contributed by atoms with Crippen LogP contribution < -0.4 is 10.6 Å². The van der Waals surface area contributed by atoms with Crippen molar-refractivity contribution in [2.24, 2.45) is 0 Å². The molecule has 1 aromatic carbocycles. The summed E-state index contributed by atoms with van der Waals surface area (Å²) in [6.07, 6.45) is 5.13. The number of amides is 1. The molecular formula is C11H9ClN2O. The summed E-state index contributed by atoms with van der Waals surface area (Å²) in [4.78, 5) is 11.6. The first-order valence-electron chi connectivity index (χ1n) is 4.49. The molecule has 0 aromatic heterocycles. The second kappa shape index (κ2) is 3.93. The van der Waals surface area contributed by atoms with Gasteiger partial charge < -0.3 is 5.32 Å². The Balaban J connectivity index is 2.30. The number of rotatable bonds is 2. The quantitative estimate of drug-likeness (QED) is 0.743. The van der Waals surface area contributed by atoms with E-state index in [0.29, 0.717) is 11.6 Å². The molecule has 15 heavy (non-hydrogen) atoms. The van der Waals surface area contributed by atoms with E-state index in [1.807, 2.05) is 6.07 Å². The molecule has 1 aliphatic heterocycles. The van der Waals surface area contributed by atoms with Crippen LogP contribution in [0.2, 0.25) is 5.02 Å². The zero-order valence-corrected chi connectivity index (χ0v) is 8.64. The van der Waals surface area contributed by atoms with Crippen LogP contribution in [0.25, 0.3) is 0 Å². The number of anilines is 1. The predicted molar refractivity (Wildman–Crippen MR) is 59.7 cm³/mol. The van der Waals surface area contributed by atoms with Gasteiger partial charge in [-0.15, -0.1) is 6.42 Å². The van der Waals surface area contributed by atoms with Gasteiger partial charge in [0.05, 0.1) is 6.54 Å². The summed E-state index contributed by atoms with van der Waals surface area (Å²) < 4.78 is 0. The van der Waals surface area contributed by atoms with Gasteiger partial charge in [-0.3, -0.25) is 10.1 Å². The summed E-state index contributed by atoms with van der Waals surface area (Å²) in [5.74, 6) is 2.35. The predicted octanol–water partition coefficient (Wildman–Crippen LogP) is 1.56. The number of halogens is 1. The second-order valence-electron chi connectivity index (χ2n) is 3.24. The number of hydrogen-bond donors (Lipinski definition) is 2. The largest absolute Gasteiger partial charge is 0.324 e. The van der Waals surface area contributed by atoms with Crippen LogP contribution in [0.1, 0.15) is 11.6 Å². The highest BCUT2D eigenvalue weighted by Gasteiger charge is 2.29.